The number of nitrogens with zero attached hydrogens (tertiary/aromatic N) is 4. The van der Waals surface area contributed by atoms with Gasteiger partial charge in [0.15, 0.2) is 23.2 Å². The van der Waals surface area contributed by atoms with Gasteiger partial charge in [0.1, 0.15) is 0 Å². The maximum absolute atomic E-state index is 13.2. The number of imide groups is 1. The maximum atomic E-state index is 13.2. The van der Waals surface area contributed by atoms with Crippen molar-refractivity contribution in [3.05, 3.63) is 71.3 Å². The van der Waals surface area contributed by atoms with Crippen LogP contribution in [0.1, 0.15) is 21.5 Å². The van der Waals surface area contributed by atoms with E-state index in [9.17, 15) is 14.4 Å². The molecule has 160 valence electrons. The average Bonchev–Trinajstić information content (AvgIpc) is 3.12. The molecular formula is C23H24N4O3S. The van der Waals surface area contributed by atoms with Crippen molar-refractivity contribution in [3.63, 3.8) is 0 Å². The van der Waals surface area contributed by atoms with Crippen molar-refractivity contribution in [2.45, 2.75) is 25.7 Å². The second-order valence-corrected chi connectivity index (χ2v) is 8.70. The molecular weight excluding hydrogens is 412 g/mol. The lowest BCUT2D eigenvalue weighted by Gasteiger charge is -2.40. The number of fused-ring (bicyclic) bond motifs is 1. The summed E-state index contributed by atoms with van der Waals surface area (Å²) in [6.07, 6.45) is -0.589. The number of amidine groups is 1. The van der Waals surface area contributed by atoms with Crippen LogP contribution in [-0.4, -0.2) is 69.6 Å². The molecule has 0 radical (unpaired) electrons. The molecule has 2 atom stereocenters. The van der Waals surface area contributed by atoms with Crippen LogP contribution in [0.25, 0.3) is 0 Å². The fourth-order valence-electron chi connectivity index (χ4n) is 3.74. The van der Waals surface area contributed by atoms with E-state index in [2.05, 4.69) is 4.99 Å². The Morgan fingerprint density at radius 3 is 2.35 bits per heavy atom. The van der Waals surface area contributed by atoms with Crippen molar-refractivity contribution in [3.8, 4) is 0 Å². The number of hydrogen-bond acceptors (Lipinski definition) is 6. The molecule has 31 heavy (non-hydrogen) atoms. The summed E-state index contributed by atoms with van der Waals surface area (Å²) in [6, 6.07) is 15.9. The molecule has 0 bridgehead atoms. The van der Waals surface area contributed by atoms with Crippen LogP contribution in [0.2, 0.25) is 0 Å². The zero-order valence-corrected chi connectivity index (χ0v) is 18.5. The summed E-state index contributed by atoms with van der Waals surface area (Å²) in [5, 5.41) is 0.587. The van der Waals surface area contributed by atoms with E-state index in [-0.39, 0.29) is 30.0 Å². The van der Waals surface area contributed by atoms with E-state index in [1.54, 1.807) is 31.1 Å². The highest BCUT2D eigenvalue weighted by atomic mass is 32.2. The van der Waals surface area contributed by atoms with Crippen LogP contribution in [0.4, 0.5) is 4.79 Å². The highest BCUT2D eigenvalue weighted by molar-refractivity contribution is 8.14. The monoisotopic (exact) mass is 436 g/mol. The van der Waals surface area contributed by atoms with Gasteiger partial charge in [-0.2, -0.15) is 0 Å². The molecule has 3 amide bonds. The number of likely N-dealkylation sites (N-methyl/N-ethyl adjacent to an activating group) is 2. The molecule has 0 spiro atoms. The first kappa shape index (κ1) is 21.1. The van der Waals surface area contributed by atoms with E-state index < -0.39 is 12.2 Å². The fourth-order valence-corrected chi connectivity index (χ4v) is 4.67. The lowest BCUT2D eigenvalue weighted by molar-refractivity contribution is -0.137. The molecule has 2 heterocycles. The van der Waals surface area contributed by atoms with Crippen molar-refractivity contribution in [2.24, 2.45) is 4.99 Å². The summed E-state index contributed by atoms with van der Waals surface area (Å²) >= 11 is 1.29. The maximum Gasteiger partial charge on any atom is 0.328 e. The van der Waals surface area contributed by atoms with E-state index in [1.165, 1.54) is 21.6 Å². The Morgan fingerprint density at radius 2 is 1.68 bits per heavy atom. The number of benzene rings is 2. The lowest BCUT2D eigenvalue weighted by atomic mass is 10.1. The zero-order valence-electron chi connectivity index (χ0n) is 17.7. The molecule has 2 aliphatic heterocycles. The van der Waals surface area contributed by atoms with Gasteiger partial charge in [0.2, 0.25) is 0 Å². The standard InChI is InChI=1S/C23H24N4O3S/c1-15-9-11-16(12-10-15)13-27-21(29)19-20(26(3)23(27)30)24-22(25(19)2)31-14-18(28)17-7-5-4-6-8-17/h4-12,19-20H,13-14H2,1-3H3. The van der Waals surface area contributed by atoms with Crippen molar-refractivity contribution in [1.82, 2.24) is 14.7 Å². The quantitative estimate of drug-likeness (QED) is 0.674. The Labute approximate surface area is 185 Å². The number of amides is 3. The number of rotatable bonds is 5. The Hall–Kier alpha value is -3.13. The summed E-state index contributed by atoms with van der Waals surface area (Å²) in [5.74, 6) is -0.0656. The summed E-state index contributed by atoms with van der Waals surface area (Å²) < 4.78 is 0. The first-order valence-corrected chi connectivity index (χ1v) is 11.0. The van der Waals surface area contributed by atoms with Gasteiger partial charge in [-0.15, -0.1) is 0 Å². The molecule has 2 unspecified atom stereocenters. The van der Waals surface area contributed by atoms with E-state index >= 15 is 0 Å². The molecule has 1 saturated heterocycles. The fraction of sp³-hybridized carbons (Fsp3) is 0.304. The summed E-state index contributed by atoms with van der Waals surface area (Å²) in [5.41, 5.74) is 2.65. The minimum absolute atomic E-state index is 0.00618. The predicted octanol–water partition coefficient (Wildman–Crippen LogP) is 3.00. The SMILES string of the molecule is Cc1ccc(CN2C(=O)C3C(N=C(SCC(=O)c4ccccc4)N3C)N(C)C2=O)cc1. The number of aryl methyl sites for hydroxylation is 1. The Morgan fingerprint density at radius 1 is 1.00 bits per heavy atom. The number of thioether (sulfide) groups is 1. The number of carbonyl (C=O) groups excluding carboxylic acids is 3. The summed E-state index contributed by atoms with van der Waals surface area (Å²) in [7, 11) is 3.45. The third-order valence-corrected chi connectivity index (χ3v) is 6.64. The van der Waals surface area contributed by atoms with Crippen molar-refractivity contribution in [2.75, 3.05) is 19.8 Å². The highest BCUT2D eigenvalue weighted by Gasteiger charge is 2.51. The minimum Gasteiger partial charge on any atom is -0.339 e. The predicted molar refractivity (Wildman–Crippen MR) is 121 cm³/mol. The molecule has 2 aromatic carbocycles. The molecule has 2 aliphatic rings. The van der Waals surface area contributed by atoms with Crippen LogP contribution in [0.3, 0.4) is 0 Å². The number of hydrogen-bond donors (Lipinski definition) is 0. The summed E-state index contributed by atoms with van der Waals surface area (Å²) in [6.45, 7) is 2.21. The summed E-state index contributed by atoms with van der Waals surface area (Å²) in [4.78, 5) is 47.7. The van der Waals surface area contributed by atoms with Crippen LogP contribution >= 0.6 is 11.8 Å². The van der Waals surface area contributed by atoms with E-state index in [1.807, 2.05) is 49.4 Å². The molecule has 1 fully saturated rings. The topological polar surface area (TPSA) is 73.3 Å². The van der Waals surface area contributed by atoms with Crippen LogP contribution in [0, 0.1) is 6.92 Å². The van der Waals surface area contributed by atoms with E-state index in [0.29, 0.717) is 10.7 Å². The van der Waals surface area contributed by atoms with Gasteiger partial charge in [-0.3, -0.25) is 14.5 Å². The molecule has 2 aromatic rings. The Kier molecular flexibility index (Phi) is 5.82. The van der Waals surface area contributed by atoms with Gasteiger partial charge in [-0.25, -0.2) is 9.79 Å². The molecule has 0 aliphatic carbocycles. The zero-order chi connectivity index (χ0) is 22.1. The Bertz CT molecular complexity index is 1040. The van der Waals surface area contributed by atoms with Gasteiger partial charge < -0.3 is 9.80 Å². The third-order valence-electron chi connectivity index (χ3n) is 5.58. The second-order valence-electron chi connectivity index (χ2n) is 7.76. The molecule has 0 aromatic heterocycles. The third kappa shape index (κ3) is 4.07. The molecule has 4 rings (SSSR count). The number of aliphatic imine (C=N–C) groups is 1. The van der Waals surface area contributed by atoms with Gasteiger partial charge >= 0.3 is 6.03 Å². The van der Waals surface area contributed by atoms with Crippen molar-refractivity contribution < 1.29 is 14.4 Å². The first-order chi connectivity index (χ1) is 14.9. The minimum atomic E-state index is -0.595. The lowest BCUT2D eigenvalue weighted by Crippen LogP contribution is -2.64. The Balaban J connectivity index is 1.48. The largest absolute Gasteiger partial charge is 0.339 e. The molecule has 8 heteroatoms. The number of urea groups is 1. The van der Waals surface area contributed by atoms with Crippen molar-refractivity contribution in [1.29, 1.82) is 0 Å². The number of carbonyl (C=O) groups is 3. The van der Waals surface area contributed by atoms with E-state index in [4.69, 9.17) is 0 Å². The van der Waals surface area contributed by atoms with Crippen LogP contribution in [0.5, 0.6) is 0 Å². The van der Waals surface area contributed by atoms with Gasteiger partial charge in [-0.1, -0.05) is 71.9 Å². The van der Waals surface area contributed by atoms with Gasteiger partial charge in [0.25, 0.3) is 5.91 Å². The highest BCUT2D eigenvalue weighted by Crippen LogP contribution is 2.31. The second kappa shape index (κ2) is 8.55. The van der Waals surface area contributed by atoms with Gasteiger partial charge in [0.05, 0.1) is 12.3 Å². The number of Topliss-reactive ketones (excluding diaryl/α,β-unsaturated/α-hetero) is 1. The van der Waals surface area contributed by atoms with Gasteiger partial charge in [-0.05, 0) is 12.5 Å². The first-order valence-electron chi connectivity index (χ1n) is 10.0. The molecule has 0 saturated carbocycles. The van der Waals surface area contributed by atoms with E-state index in [0.717, 1.165) is 11.1 Å². The van der Waals surface area contributed by atoms with Crippen molar-refractivity contribution >= 4 is 34.7 Å². The molecule has 7 nitrogen and oxygen atoms in total. The van der Waals surface area contributed by atoms with Gasteiger partial charge in [0, 0.05) is 19.7 Å². The van der Waals surface area contributed by atoms with Crippen LogP contribution in [-0.2, 0) is 11.3 Å². The van der Waals surface area contributed by atoms with Crippen LogP contribution in [0.15, 0.2) is 59.6 Å². The normalized spacial score (nSPS) is 20.7. The van der Waals surface area contributed by atoms with Crippen LogP contribution < -0.4 is 0 Å². The number of ketones is 1. The average molecular weight is 437 g/mol. The smallest absolute Gasteiger partial charge is 0.328 e. The molecule has 0 N–H and O–H groups in total.